The van der Waals surface area contributed by atoms with Crippen LogP contribution in [0.15, 0.2) is 36.5 Å². The van der Waals surface area contributed by atoms with Crippen LogP contribution < -0.4 is 15.4 Å². The van der Waals surface area contributed by atoms with Crippen molar-refractivity contribution in [3.05, 3.63) is 42.2 Å². The number of ether oxygens (including phenoxy) is 1. The highest BCUT2D eigenvalue weighted by Gasteiger charge is 2.42. The van der Waals surface area contributed by atoms with Gasteiger partial charge >= 0.3 is 6.03 Å². The summed E-state index contributed by atoms with van der Waals surface area (Å²) in [6.45, 7) is 6.41. The Bertz CT molecular complexity index is 834. The summed E-state index contributed by atoms with van der Waals surface area (Å²) < 4.78 is 7.67. The van der Waals surface area contributed by atoms with Crippen LogP contribution >= 0.6 is 0 Å². The van der Waals surface area contributed by atoms with Crippen molar-refractivity contribution in [1.82, 2.24) is 14.8 Å². The van der Waals surface area contributed by atoms with Gasteiger partial charge in [0.15, 0.2) is 0 Å². The Balaban J connectivity index is 1.56. The van der Waals surface area contributed by atoms with Crippen molar-refractivity contribution in [3.8, 4) is 11.4 Å². The number of carbonyl (C=O) groups is 1. The number of benzene rings is 1. The van der Waals surface area contributed by atoms with Gasteiger partial charge in [-0.05, 0) is 43.0 Å². The Hall–Kier alpha value is -2.63. The molecule has 27 heavy (non-hydrogen) atoms. The first-order valence-corrected chi connectivity index (χ1v) is 9.69. The van der Waals surface area contributed by atoms with Crippen LogP contribution in [0.3, 0.4) is 0 Å². The van der Waals surface area contributed by atoms with Crippen LogP contribution in [0.1, 0.15) is 32.4 Å². The SMILES string of the molecule is COc1ccc2c(c1)NC1(CCN(C(=O)NCC(C)C)CC1)c1cccn1-2. The normalized spacial score (nSPS) is 17.3. The number of piperidine rings is 1. The topological polar surface area (TPSA) is 58.5 Å². The van der Waals surface area contributed by atoms with Crippen LogP contribution in [-0.4, -0.2) is 42.2 Å². The number of nitrogens with zero attached hydrogens (tertiary/aromatic N) is 2. The summed E-state index contributed by atoms with van der Waals surface area (Å²) in [5.74, 6) is 1.30. The average molecular weight is 368 g/mol. The molecule has 0 radical (unpaired) electrons. The summed E-state index contributed by atoms with van der Waals surface area (Å²) in [4.78, 5) is 14.4. The number of methoxy groups -OCH3 is 1. The van der Waals surface area contributed by atoms with Crippen LogP contribution in [0, 0.1) is 5.92 Å². The standard InChI is InChI=1S/C21H28N4O2/c1-15(2)14-22-20(26)24-11-8-21(9-12-24)19-5-4-10-25(19)18-7-6-16(27-3)13-17(18)23-21/h4-7,10,13,15,23H,8-9,11-12,14H2,1-3H3,(H,22,26). The van der Waals surface area contributed by atoms with Crippen molar-refractivity contribution in [3.63, 3.8) is 0 Å². The molecule has 0 aliphatic carbocycles. The number of carbonyl (C=O) groups excluding carboxylic acids is 1. The Labute approximate surface area is 160 Å². The van der Waals surface area contributed by atoms with Crippen LogP contribution in [-0.2, 0) is 5.54 Å². The molecule has 0 bridgehead atoms. The summed E-state index contributed by atoms with van der Waals surface area (Å²) in [6, 6.07) is 10.5. The van der Waals surface area contributed by atoms with Crippen LogP contribution in [0.25, 0.3) is 5.69 Å². The zero-order valence-electron chi connectivity index (χ0n) is 16.3. The molecule has 2 aromatic rings. The fourth-order valence-corrected chi connectivity index (χ4v) is 4.13. The smallest absolute Gasteiger partial charge is 0.317 e. The van der Waals surface area contributed by atoms with Crippen molar-refractivity contribution in [2.24, 2.45) is 5.92 Å². The lowest BCUT2D eigenvalue weighted by Crippen LogP contribution is -2.53. The highest BCUT2D eigenvalue weighted by Crippen LogP contribution is 2.44. The predicted octanol–water partition coefficient (Wildman–Crippen LogP) is 3.57. The lowest BCUT2D eigenvalue weighted by Gasteiger charge is -2.46. The van der Waals surface area contributed by atoms with Gasteiger partial charge in [0.05, 0.1) is 24.0 Å². The molecule has 2 aliphatic heterocycles. The minimum absolute atomic E-state index is 0.0480. The molecule has 0 saturated carbocycles. The molecule has 1 fully saturated rings. The van der Waals surface area contributed by atoms with E-state index in [4.69, 9.17) is 4.74 Å². The minimum Gasteiger partial charge on any atom is -0.497 e. The second-order valence-electron chi connectivity index (χ2n) is 7.92. The molecular formula is C21H28N4O2. The lowest BCUT2D eigenvalue weighted by molar-refractivity contribution is 0.162. The van der Waals surface area contributed by atoms with Gasteiger partial charge < -0.3 is 24.8 Å². The summed E-state index contributed by atoms with van der Waals surface area (Å²) in [7, 11) is 1.69. The number of hydrogen-bond donors (Lipinski definition) is 2. The van der Waals surface area contributed by atoms with E-state index in [9.17, 15) is 4.79 Å². The van der Waals surface area contributed by atoms with E-state index >= 15 is 0 Å². The third kappa shape index (κ3) is 3.13. The van der Waals surface area contributed by atoms with E-state index in [-0.39, 0.29) is 11.6 Å². The molecule has 3 heterocycles. The number of hydrogen-bond acceptors (Lipinski definition) is 3. The van der Waals surface area contributed by atoms with Gasteiger partial charge in [-0.1, -0.05) is 13.8 Å². The van der Waals surface area contributed by atoms with Crippen molar-refractivity contribution < 1.29 is 9.53 Å². The molecule has 1 aromatic heterocycles. The molecule has 4 rings (SSSR count). The Morgan fingerprint density at radius 2 is 2.07 bits per heavy atom. The first-order valence-electron chi connectivity index (χ1n) is 9.69. The predicted molar refractivity (Wildman–Crippen MR) is 107 cm³/mol. The fraction of sp³-hybridized carbons (Fsp3) is 0.476. The van der Waals surface area contributed by atoms with Crippen LogP contribution in [0.5, 0.6) is 5.75 Å². The molecule has 1 spiro atoms. The Morgan fingerprint density at radius 1 is 1.30 bits per heavy atom. The van der Waals surface area contributed by atoms with Gasteiger partial charge in [-0.3, -0.25) is 0 Å². The third-order valence-corrected chi connectivity index (χ3v) is 5.64. The molecule has 2 N–H and O–H groups in total. The first-order chi connectivity index (χ1) is 13.0. The number of anilines is 1. The molecule has 144 valence electrons. The molecular weight excluding hydrogens is 340 g/mol. The highest BCUT2D eigenvalue weighted by molar-refractivity contribution is 5.74. The maximum absolute atomic E-state index is 12.4. The zero-order valence-corrected chi connectivity index (χ0v) is 16.3. The number of fused-ring (bicyclic) bond motifs is 4. The maximum Gasteiger partial charge on any atom is 0.317 e. The van der Waals surface area contributed by atoms with Crippen molar-refractivity contribution in [2.45, 2.75) is 32.2 Å². The van der Waals surface area contributed by atoms with Crippen molar-refractivity contribution >= 4 is 11.7 Å². The van der Waals surface area contributed by atoms with Crippen LogP contribution in [0.4, 0.5) is 10.5 Å². The molecule has 1 saturated heterocycles. The molecule has 0 unspecified atom stereocenters. The molecule has 2 aliphatic rings. The summed E-state index contributed by atoms with van der Waals surface area (Å²) in [6.07, 6.45) is 3.87. The second kappa shape index (κ2) is 6.83. The number of urea groups is 1. The summed E-state index contributed by atoms with van der Waals surface area (Å²) in [5.41, 5.74) is 3.33. The average Bonchev–Trinajstić information content (AvgIpc) is 3.17. The van der Waals surface area contributed by atoms with E-state index in [2.05, 4.69) is 59.5 Å². The first kappa shape index (κ1) is 17.8. The third-order valence-electron chi connectivity index (χ3n) is 5.64. The number of likely N-dealkylation sites (tertiary alicyclic amines) is 1. The molecule has 0 atom stereocenters. The zero-order chi connectivity index (χ0) is 19.0. The van der Waals surface area contributed by atoms with Crippen molar-refractivity contribution in [2.75, 3.05) is 32.1 Å². The van der Waals surface area contributed by atoms with E-state index in [1.165, 1.54) is 5.69 Å². The quantitative estimate of drug-likeness (QED) is 0.871. The van der Waals surface area contributed by atoms with E-state index in [0.29, 0.717) is 5.92 Å². The van der Waals surface area contributed by atoms with Gasteiger partial charge in [0.25, 0.3) is 0 Å². The number of nitrogens with one attached hydrogen (secondary N) is 2. The molecule has 1 aromatic carbocycles. The highest BCUT2D eigenvalue weighted by atomic mass is 16.5. The lowest BCUT2D eigenvalue weighted by atomic mass is 9.82. The summed E-state index contributed by atoms with van der Waals surface area (Å²) >= 11 is 0. The number of aromatic nitrogens is 1. The summed E-state index contributed by atoms with van der Waals surface area (Å²) in [5, 5.41) is 6.81. The molecule has 6 nitrogen and oxygen atoms in total. The largest absolute Gasteiger partial charge is 0.497 e. The minimum atomic E-state index is -0.155. The van der Waals surface area contributed by atoms with Gasteiger partial charge in [-0.25, -0.2) is 4.79 Å². The fourth-order valence-electron chi connectivity index (χ4n) is 4.13. The van der Waals surface area contributed by atoms with Gasteiger partial charge in [0.1, 0.15) is 5.75 Å². The molecule has 2 amide bonds. The maximum atomic E-state index is 12.4. The van der Waals surface area contributed by atoms with E-state index in [0.717, 1.165) is 49.6 Å². The Morgan fingerprint density at radius 3 is 2.78 bits per heavy atom. The monoisotopic (exact) mass is 368 g/mol. The number of amides is 2. The van der Waals surface area contributed by atoms with Gasteiger partial charge in [-0.2, -0.15) is 0 Å². The van der Waals surface area contributed by atoms with Gasteiger partial charge in [-0.15, -0.1) is 0 Å². The van der Waals surface area contributed by atoms with E-state index in [1.807, 2.05) is 11.0 Å². The van der Waals surface area contributed by atoms with Crippen LogP contribution in [0.2, 0.25) is 0 Å². The second-order valence-corrected chi connectivity index (χ2v) is 7.92. The van der Waals surface area contributed by atoms with Gasteiger partial charge in [0, 0.05) is 37.6 Å². The van der Waals surface area contributed by atoms with Gasteiger partial charge in [0.2, 0.25) is 0 Å². The van der Waals surface area contributed by atoms with E-state index < -0.39 is 0 Å². The number of rotatable bonds is 3. The van der Waals surface area contributed by atoms with E-state index in [1.54, 1.807) is 7.11 Å². The van der Waals surface area contributed by atoms with Crippen molar-refractivity contribution in [1.29, 1.82) is 0 Å². The molecule has 6 heteroatoms. The Kier molecular flexibility index (Phi) is 4.50.